The second-order valence-corrected chi connectivity index (χ2v) is 9.57. The fourth-order valence-electron chi connectivity index (χ4n) is 4.13. The third kappa shape index (κ3) is 7.25. The molecule has 0 aliphatic rings. The highest BCUT2D eigenvalue weighted by atomic mass is 16.6. The van der Waals surface area contributed by atoms with Crippen molar-refractivity contribution in [1.29, 1.82) is 0 Å². The van der Waals surface area contributed by atoms with Crippen molar-refractivity contribution in [3.05, 3.63) is 89.0 Å². The predicted octanol–water partition coefficient (Wildman–Crippen LogP) is 3.68. The summed E-state index contributed by atoms with van der Waals surface area (Å²) in [6.07, 6.45) is 1.91. The number of hydrogen-bond acceptors (Lipinski definition) is 7. The zero-order valence-corrected chi connectivity index (χ0v) is 22.5. The molecule has 0 saturated carbocycles. The number of Topliss-reactive ketones (excluding diaryl/α,β-unsaturated/α-hetero) is 1. The predicted molar refractivity (Wildman–Crippen MR) is 146 cm³/mol. The van der Waals surface area contributed by atoms with Crippen LogP contribution in [0.4, 0.5) is 4.79 Å². The van der Waals surface area contributed by atoms with Gasteiger partial charge in [-0.15, -0.1) is 0 Å². The van der Waals surface area contributed by atoms with Crippen LogP contribution in [0, 0.1) is 20.8 Å². The number of benzene rings is 2. The summed E-state index contributed by atoms with van der Waals surface area (Å²) in [4.78, 5) is 47.3. The summed E-state index contributed by atoms with van der Waals surface area (Å²) in [6.45, 7) is 7.34. The summed E-state index contributed by atoms with van der Waals surface area (Å²) in [6, 6.07) is 15.6. The fourth-order valence-corrected chi connectivity index (χ4v) is 4.13. The molecule has 10 nitrogen and oxygen atoms in total. The van der Waals surface area contributed by atoms with Gasteiger partial charge in [0.25, 0.3) is 0 Å². The van der Waals surface area contributed by atoms with Crippen LogP contribution in [-0.2, 0) is 20.9 Å². The van der Waals surface area contributed by atoms with E-state index in [4.69, 9.17) is 4.74 Å². The number of nitrogens with one attached hydrogen (secondary N) is 1. The summed E-state index contributed by atoms with van der Waals surface area (Å²) in [5.41, 5.74) is 5.16. The average molecular weight is 529 g/mol. The van der Waals surface area contributed by atoms with Crippen LogP contribution in [0.15, 0.2) is 61.1 Å². The fraction of sp³-hybridized carbons (Fsp3) is 0.310. The van der Waals surface area contributed by atoms with Gasteiger partial charge in [-0.3, -0.25) is 14.3 Å². The Morgan fingerprint density at radius 2 is 1.56 bits per heavy atom. The van der Waals surface area contributed by atoms with E-state index in [1.54, 1.807) is 6.20 Å². The molecule has 0 aliphatic heterocycles. The lowest BCUT2D eigenvalue weighted by Gasteiger charge is -2.23. The number of aryl methyl sites for hydroxylation is 3. The smallest absolute Gasteiger partial charge is 0.408 e. The Balaban J connectivity index is 1.39. The molecule has 39 heavy (non-hydrogen) atoms. The van der Waals surface area contributed by atoms with Gasteiger partial charge in [-0.1, -0.05) is 59.7 Å². The molecule has 0 bridgehead atoms. The van der Waals surface area contributed by atoms with Gasteiger partial charge in [0, 0.05) is 19.3 Å². The summed E-state index contributed by atoms with van der Waals surface area (Å²) in [7, 11) is 0. The van der Waals surface area contributed by atoms with Crippen molar-refractivity contribution < 1.29 is 19.1 Å². The van der Waals surface area contributed by atoms with Crippen molar-refractivity contribution in [2.24, 2.45) is 0 Å². The number of carbonyl (C=O) groups excluding carboxylic acids is 3. The lowest BCUT2D eigenvalue weighted by atomic mass is 9.99. The number of amides is 2. The summed E-state index contributed by atoms with van der Waals surface area (Å²) >= 11 is 0. The Labute approximate surface area is 227 Å². The first-order valence-electron chi connectivity index (χ1n) is 12.7. The molecule has 2 heterocycles. The molecule has 0 saturated heterocycles. The van der Waals surface area contributed by atoms with Gasteiger partial charge in [0.2, 0.25) is 5.91 Å². The molecular weight excluding hydrogens is 496 g/mol. The highest BCUT2D eigenvalue weighted by Crippen LogP contribution is 2.27. The van der Waals surface area contributed by atoms with Crippen molar-refractivity contribution in [3.8, 4) is 0 Å². The Morgan fingerprint density at radius 3 is 2.13 bits per heavy atom. The molecular formula is C29H32N6O4. The highest BCUT2D eigenvalue weighted by Gasteiger charge is 2.21. The van der Waals surface area contributed by atoms with Crippen LogP contribution in [0.3, 0.4) is 0 Å². The van der Waals surface area contributed by atoms with E-state index in [-0.39, 0.29) is 37.9 Å². The van der Waals surface area contributed by atoms with E-state index in [0.717, 1.165) is 33.3 Å². The van der Waals surface area contributed by atoms with E-state index in [9.17, 15) is 14.4 Å². The van der Waals surface area contributed by atoms with Crippen molar-refractivity contribution in [2.75, 3.05) is 19.6 Å². The van der Waals surface area contributed by atoms with Gasteiger partial charge >= 0.3 is 6.09 Å². The maximum Gasteiger partial charge on any atom is 0.408 e. The molecule has 0 atom stereocenters. The van der Waals surface area contributed by atoms with Crippen molar-refractivity contribution in [3.63, 3.8) is 0 Å². The molecule has 0 spiro atoms. The SMILES string of the molecule is CC(=O)CN(CCNC(=O)OC(c1ccc(C)cc1)c1ccc(C)cc1)C(=O)Cn1cc2c(C)ncnc2n1. The maximum atomic E-state index is 13.0. The maximum absolute atomic E-state index is 13.0. The molecule has 0 aliphatic carbocycles. The molecule has 2 amide bonds. The lowest BCUT2D eigenvalue weighted by molar-refractivity contribution is -0.135. The number of nitrogens with zero attached hydrogens (tertiary/aromatic N) is 5. The first-order valence-corrected chi connectivity index (χ1v) is 12.7. The first kappa shape index (κ1) is 27.4. The Kier molecular flexibility index (Phi) is 8.65. The third-order valence-corrected chi connectivity index (χ3v) is 6.26. The number of rotatable bonds is 10. The van der Waals surface area contributed by atoms with Crippen molar-refractivity contribution >= 4 is 28.8 Å². The number of hydrogen-bond donors (Lipinski definition) is 1. The summed E-state index contributed by atoms with van der Waals surface area (Å²) in [5.74, 6) is -0.479. The van der Waals surface area contributed by atoms with E-state index in [1.165, 1.54) is 22.8 Å². The number of aromatic nitrogens is 4. The Bertz CT molecular complexity index is 1420. The summed E-state index contributed by atoms with van der Waals surface area (Å²) < 4.78 is 7.30. The second-order valence-electron chi connectivity index (χ2n) is 9.57. The van der Waals surface area contributed by atoms with Crippen LogP contribution < -0.4 is 5.32 Å². The number of ketones is 1. The van der Waals surface area contributed by atoms with Crippen LogP contribution in [0.1, 0.15) is 41.0 Å². The minimum atomic E-state index is -0.622. The first-order chi connectivity index (χ1) is 18.7. The van der Waals surface area contributed by atoms with Crippen LogP contribution >= 0.6 is 0 Å². The van der Waals surface area contributed by atoms with Gasteiger partial charge in [-0.25, -0.2) is 14.8 Å². The van der Waals surface area contributed by atoms with Crippen molar-refractivity contribution in [2.45, 2.75) is 40.3 Å². The molecule has 202 valence electrons. The minimum absolute atomic E-state index is 0.0730. The molecule has 2 aromatic carbocycles. The molecule has 0 unspecified atom stereocenters. The molecule has 10 heteroatoms. The Morgan fingerprint density at radius 1 is 0.949 bits per heavy atom. The lowest BCUT2D eigenvalue weighted by Crippen LogP contribution is -2.42. The number of carbonyl (C=O) groups is 3. The van der Waals surface area contributed by atoms with Gasteiger partial charge in [-0.05, 0) is 38.8 Å². The topological polar surface area (TPSA) is 119 Å². The second kappa shape index (κ2) is 12.3. The molecule has 4 aromatic rings. The van der Waals surface area contributed by atoms with E-state index >= 15 is 0 Å². The molecule has 0 fully saturated rings. The molecule has 1 N–H and O–H groups in total. The third-order valence-electron chi connectivity index (χ3n) is 6.26. The van der Waals surface area contributed by atoms with Gasteiger partial charge in [-0.2, -0.15) is 5.10 Å². The standard InChI is InChI=1S/C29H32N6O4/c1-19-5-9-23(10-6-19)27(24-11-7-20(2)8-12-24)39-29(38)30-13-14-34(15-21(3)36)26(37)17-35-16-25-22(4)31-18-32-28(25)33-35/h5-12,16,18,27H,13-15,17H2,1-4H3,(H,30,38). The minimum Gasteiger partial charge on any atom is -0.436 e. The van der Waals surface area contributed by atoms with E-state index in [0.29, 0.717) is 5.65 Å². The van der Waals surface area contributed by atoms with Crippen LogP contribution in [-0.4, -0.2) is 62.1 Å². The highest BCUT2D eigenvalue weighted by molar-refractivity contribution is 5.85. The van der Waals surface area contributed by atoms with Crippen LogP contribution in [0.5, 0.6) is 0 Å². The molecule has 0 radical (unpaired) electrons. The quantitative estimate of drug-likeness (QED) is 0.333. The van der Waals surface area contributed by atoms with Gasteiger partial charge in [0.05, 0.1) is 17.6 Å². The van der Waals surface area contributed by atoms with Gasteiger partial charge < -0.3 is 15.0 Å². The van der Waals surface area contributed by atoms with Crippen LogP contribution in [0.25, 0.3) is 11.0 Å². The van der Waals surface area contributed by atoms with E-state index < -0.39 is 12.2 Å². The summed E-state index contributed by atoms with van der Waals surface area (Å²) in [5, 5.41) is 7.80. The largest absolute Gasteiger partial charge is 0.436 e. The monoisotopic (exact) mass is 528 g/mol. The van der Waals surface area contributed by atoms with E-state index in [1.807, 2.05) is 69.3 Å². The number of ether oxygens (including phenoxy) is 1. The number of fused-ring (bicyclic) bond motifs is 1. The molecule has 2 aromatic heterocycles. The normalized spacial score (nSPS) is 11.0. The van der Waals surface area contributed by atoms with Crippen molar-refractivity contribution in [1.82, 2.24) is 30.0 Å². The average Bonchev–Trinajstić information content (AvgIpc) is 3.31. The van der Waals surface area contributed by atoms with E-state index in [2.05, 4.69) is 20.4 Å². The zero-order chi connectivity index (χ0) is 27.9. The van der Waals surface area contributed by atoms with Crippen LogP contribution in [0.2, 0.25) is 0 Å². The number of alkyl carbamates (subject to hydrolysis) is 1. The van der Waals surface area contributed by atoms with Gasteiger partial charge in [0.15, 0.2) is 11.8 Å². The Hall–Kier alpha value is -4.60. The van der Waals surface area contributed by atoms with Gasteiger partial charge in [0.1, 0.15) is 18.7 Å². The molecule has 4 rings (SSSR count). The zero-order valence-electron chi connectivity index (χ0n) is 22.5.